The highest BCUT2D eigenvalue weighted by molar-refractivity contribution is 5.66. The van der Waals surface area contributed by atoms with Crippen molar-refractivity contribution in [3.05, 3.63) is 0 Å². The van der Waals surface area contributed by atoms with Gasteiger partial charge in [-0.1, -0.05) is 6.42 Å². The lowest BCUT2D eigenvalue weighted by Crippen LogP contribution is -2.42. The van der Waals surface area contributed by atoms with Gasteiger partial charge in [0, 0.05) is 33.8 Å². The van der Waals surface area contributed by atoms with E-state index in [1.165, 1.54) is 21.0 Å². The monoisotopic (exact) mass is 274 g/mol. The minimum atomic E-state index is -0.902. The highest BCUT2D eigenvalue weighted by Crippen LogP contribution is 2.33. The van der Waals surface area contributed by atoms with Gasteiger partial charge >= 0.3 is 11.9 Å². The Morgan fingerprint density at radius 3 is 2.21 bits per heavy atom. The van der Waals surface area contributed by atoms with E-state index in [0.29, 0.717) is 12.8 Å². The van der Waals surface area contributed by atoms with E-state index in [2.05, 4.69) is 0 Å². The molecule has 0 aromatic carbocycles. The van der Waals surface area contributed by atoms with Gasteiger partial charge in [-0.05, 0) is 12.8 Å². The Labute approximate surface area is 113 Å². The summed E-state index contributed by atoms with van der Waals surface area (Å²) in [5.41, 5.74) is 0. The SMILES string of the molecule is COC(COC1(OC(C)=O)CCCCC1)OC(C)=O. The molecule has 1 aliphatic rings. The van der Waals surface area contributed by atoms with E-state index in [0.717, 1.165) is 19.3 Å². The van der Waals surface area contributed by atoms with E-state index in [-0.39, 0.29) is 12.6 Å². The van der Waals surface area contributed by atoms with Gasteiger partial charge in [0.15, 0.2) is 0 Å². The van der Waals surface area contributed by atoms with Crippen LogP contribution in [-0.2, 0) is 28.5 Å². The molecule has 1 atom stereocenters. The van der Waals surface area contributed by atoms with Gasteiger partial charge < -0.3 is 18.9 Å². The Kier molecular flexibility index (Phi) is 6.24. The van der Waals surface area contributed by atoms with E-state index in [4.69, 9.17) is 18.9 Å². The number of esters is 2. The summed E-state index contributed by atoms with van der Waals surface area (Å²) in [5, 5.41) is 0. The Hall–Kier alpha value is -1.14. The summed E-state index contributed by atoms with van der Waals surface area (Å²) in [6, 6.07) is 0. The Balaban J connectivity index is 2.56. The van der Waals surface area contributed by atoms with Crippen LogP contribution in [0.15, 0.2) is 0 Å². The predicted octanol–water partition coefficient (Wildman–Crippen LogP) is 1.76. The zero-order chi connectivity index (χ0) is 14.3. The van der Waals surface area contributed by atoms with Crippen molar-refractivity contribution in [1.82, 2.24) is 0 Å². The molecule has 19 heavy (non-hydrogen) atoms. The third kappa shape index (κ3) is 5.57. The Morgan fingerprint density at radius 1 is 1.11 bits per heavy atom. The van der Waals surface area contributed by atoms with Gasteiger partial charge in [0.2, 0.25) is 12.1 Å². The summed E-state index contributed by atoms with van der Waals surface area (Å²) >= 11 is 0. The maximum Gasteiger partial charge on any atom is 0.305 e. The maximum absolute atomic E-state index is 11.2. The molecule has 0 radical (unpaired) electrons. The number of ether oxygens (including phenoxy) is 4. The topological polar surface area (TPSA) is 71.1 Å². The van der Waals surface area contributed by atoms with Crippen molar-refractivity contribution in [3.63, 3.8) is 0 Å². The fourth-order valence-electron chi connectivity index (χ4n) is 2.18. The second-order valence-corrected chi connectivity index (χ2v) is 4.65. The van der Waals surface area contributed by atoms with Crippen LogP contribution in [0, 0.1) is 0 Å². The lowest BCUT2D eigenvalue weighted by molar-refractivity contribution is -0.268. The van der Waals surface area contributed by atoms with Crippen molar-refractivity contribution in [2.75, 3.05) is 13.7 Å². The summed E-state index contributed by atoms with van der Waals surface area (Å²) in [6.45, 7) is 2.71. The zero-order valence-electron chi connectivity index (χ0n) is 11.8. The third-order valence-corrected chi connectivity index (χ3v) is 2.99. The fourth-order valence-corrected chi connectivity index (χ4v) is 2.18. The number of hydrogen-bond acceptors (Lipinski definition) is 6. The molecular weight excluding hydrogens is 252 g/mol. The first-order valence-corrected chi connectivity index (χ1v) is 6.51. The van der Waals surface area contributed by atoms with Crippen LogP contribution >= 0.6 is 0 Å². The second kappa shape index (κ2) is 7.45. The number of rotatable bonds is 6. The lowest BCUT2D eigenvalue weighted by atomic mass is 9.94. The van der Waals surface area contributed by atoms with Crippen LogP contribution in [0.2, 0.25) is 0 Å². The van der Waals surface area contributed by atoms with Gasteiger partial charge in [0.05, 0.1) is 0 Å². The van der Waals surface area contributed by atoms with Crippen LogP contribution in [0.5, 0.6) is 0 Å². The van der Waals surface area contributed by atoms with E-state index in [1.54, 1.807) is 0 Å². The van der Waals surface area contributed by atoms with E-state index < -0.39 is 18.0 Å². The maximum atomic E-state index is 11.2. The van der Waals surface area contributed by atoms with Crippen molar-refractivity contribution in [2.24, 2.45) is 0 Å². The lowest BCUT2D eigenvalue weighted by Gasteiger charge is -2.36. The van der Waals surface area contributed by atoms with Crippen molar-refractivity contribution in [3.8, 4) is 0 Å². The molecule has 1 saturated carbocycles. The molecule has 0 spiro atoms. The number of methoxy groups -OCH3 is 1. The molecule has 0 heterocycles. The standard InChI is InChI=1S/C13H22O6/c1-10(14)18-12(16-3)9-17-13(19-11(2)15)7-5-4-6-8-13/h12H,4-9H2,1-3H3. The fraction of sp³-hybridized carbons (Fsp3) is 0.846. The average molecular weight is 274 g/mol. The number of carbonyl (C=O) groups excluding carboxylic acids is 2. The van der Waals surface area contributed by atoms with Gasteiger partial charge in [-0.3, -0.25) is 9.59 Å². The highest BCUT2D eigenvalue weighted by atomic mass is 16.7. The van der Waals surface area contributed by atoms with Crippen molar-refractivity contribution >= 4 is 11.9 Å². The molecule has 1 rings (SSSR count). The molecule has 110 valence electrons. The van der Waals surface area contributed by atoms with E-state index in [9.17, 15) is 9.59 Å². The predicted molar refractivity (Wildman–Crippen MR) is 66.1 cm³/mol. The second-order valence-electron chi connectivity index (χ2n) is 4.65. The molecule has 0 bridgehead atoms. The van der Waals surface area contributed by atoms with Gasteiger partial charge in [-0.15, -0.1) is 0 Å². The van der Waals surface area contributed by atoms with Crippen LogP contribution in [-0.4, -0.2) is 37.7 Å². The quantitative estimate of drug-likeness (QED) is 0.543. The van der Waals surface area contributed by atoms with Crippen LogP contribution in [0.4, 0.5) is 0 Å². The molecule has 6 heteroatoms. The zero-order valence-corrected chi connectivity index (χ0v) is 11.8. The summed E-state index contributed by atoms with van der Waals surface area (Å²) < 4.78 is 20.9. The van der Waals surface area contributed by atoms with Crippen molar-refractivity contribution in [2.45, 2.75) is 58.0 Å². The minimum Gasteiger partial charge on any atom is -0.433 e. The van der Waals surface area contributed by atoms with Gasteiger partial charge in [0.25, 0.3) is 0 Å². The van der Waals surface area contributed by atoms with Crippen molar-refractivity contribution in [1.29, 1.82) is 0 Å². The Morgan fingerprint density at radius 2 is 1.74 bits per heavy atom. The molecule has 1 unspecified atom stereocenters. The number of hydrogen-bond donors (Lipinski definition) is 0. The molecule has 1 fully saturated rings. The summed E-state index contributed by atoms with van der Waals surface area (Å²) in [4.78, 5) is 22.1. The first-order valence-electron chi connectivity index (χ1n) is 6.51. The first-order chi connectivity index (χ1) is 8.97. The van der Waals surface area contributed by atoms with E-state index in [1.807, 2.05) is 0 Å². The van der Waals surface area contributed by atoms with Crippen molar-refractivity contribution < 1.29 is 28.5 Å². The molecule has 1 aliphatic carbocycles. The van der Waals surface area contributed by atoms with Gasteiger partial charge in [-0.2, -0.15) is 0 Å². The molecule has 0 aromatic heterocycles. The molecular formula is C13H22O6. The molecule has 0 amide bonds. The first kappa shape index (κ1) is 15.9. The molecule has 0 N–H and O–H groups in total. The van der Waals surface area contributed by atoms with Crippen LogP contribution in [0.3, 0.4) is 0 Å². The highest BCUT2D eigenvalue weighted by Gasteiger charge is 2.37. The van der Waals surface area contributed by atoms with Crippen LogP contribution in [0.1, 0.15) is 46.0 Å². The third-order valence-electron chi connectivity index (χ3n) is 2.99. The Bertz CT molecular complexity index is 308. The van der Waals surface area contributed by atoms with Gasteiger partial charge in [-0.25, -0.2) is 0 Å². The smallest absolute Gasteiger partial charge is 0.305 e. The summed E-state index contributed by atoms with van der Waals surface area (Å²) in [5.74, 6) is -1.72. The molecule has 0 aliphatic heterocycles. The molecule has 0 aromatic rings. The van der Waals surface area contributed by atoms with E-state index >= 15 is 0 Å². The largest absolute Gasteiger partial charge is 0.433 e. The normalized spacial score (nSPS) is 19.5. The van der Waals surface area contributed by atoms with Crippen LogP contribution < -0.4 is 0 Å². The van der Waals surface area contributed by atoms with Crippen LogP contribution in [0.25, 0.3) is 0 Å². The summed E-state index contributed by atoms with van der Waals surface area (Å²) in [7, 11) is 1.43. The molecule has 0 saturated heterocycles. The summed E-state index contributed by atoms with van der Waals surface area (Å²) in [6.07, 6.45) is 3.51. The number of carbonyl (C=O) groups is 2. The minimum absolute atomic E-state index is 0.0450. The average Bonchev–Trinajstić information content (AvgIpc) is 2.34. The van der Waals surface area contributed by atoms with Gasteiger partial charge in [0.1, 0.15) is 6.61 Å². The molecule has 6 nitrogen and oxygen atoms in total.